The molecule has 10 heteroatoms. The zero-order valence-corrected chi connectivity index (χ0v) is 21.8. The third kappa shape index (κ3) is 5.45. The van der Waals surface area contributed by atoms with Crippen molar-refractivity contribution in [3.8, 4) is 0 Å². The molecule has 0 aromatic heterocycles. The van der Waals surface area contributed by atoms with Gasteiger partial charge in [-0.25, -0.2) is 0 Å². The smallest absolute Gasteiger partial charge is 0.252 e. The Bertz CT molecular complexity index is 1070. The van der Waals surface area contributed by atoms with Crippen LogP contribution in [0, 0.1) is 11.3 Å². The van der Waals surface area contributed by atoms with Crippen molar-refractivity contribution in [1.82, 2.24) is 5.32 Å². The molecule has 5 nitrogen and oxygen atoms in total. The van der Waals surface area contributed by atoms with Crippen LogP contribution in [0.15, 0.2) is 36.4 Å². The number of anilines is 1. The number of amides is 1. The van der Waals surface area contributed by atoms with Crippen LogP contribution in [0.4, 0.5) is 5.69 Å². The number of hydrogen-bond acceptors (Lipinski definition) is 4. The molecule has 0 radical (unpaired) electrons. The number of benzene rings is 2. The SMILES string of the molecule is O=CC1(CNc2ccc(Cl)c(C(=O)NCCOCC3CC3)c2)C(c2cc(Cl)cc(Cl)c2)C1(Cl)Cl. The average Bonchev–Trinajstić information content (AvgIpc) is 3.68. The van der Waals surface area contributed by atoms with Crippen LogP contribution in [0.2, 0.25) is 15.1 Å². The van der Waals surface area contributed by atoms with Crippen LogP contribution in [-0.2, 0) is 9.53 Å². The van der Waals surface area contributed by atoms with Gasteiger partial charge in [-0.2, -0.15) is 0 Å². The fourth-order valence-corrected chi connectivity index (χ4v) is 5.78. The normalized spacial score (nSPS) is 22.8. The molecular formula is C24H23Cl5N2O3. The van der Waals surface area contributed by atoms with Crippen molar-refractivity contribution in [1.29, 1.82) is 0 Å². The molecule has 2 saturated carbocycles. The Morgan fingerprint density at radius 1 is 1.09 bits per heavy atom. The predicted molar refractivity (Wildman–Crippen MR) is 138 cm³/mol. The average molecular weight is 565 g/mol. The molecule has 0 heterocycles. The Balaban J connectivity index is 1.41. The van der Waals surface area contributed by atoms with E-state index in [1.165, 1.54) is 12.8 Å². The van der Waals surface area contributed by atoms with Gasteiger partial charge in [0.25, 0.3) is 5.91 Å². The lowest BCUT2D eigenvalue weighted by molar-refractivity contribution is -0.112. The maximum absolute atomic E-state index is 12.6. The maximum atomic E-state index is 12.6. The van der Waals surface area contributed by atoms with Gasteiger partial charge >= 0.3 is 0 Å². The summed E-state index contributed by atoms with van der Waals surface area (Å²) in [6.07, 6.45) is 3.19. The molecule has 2 aliphatic carbocycles. The molecule has 2 aromatic rings. The highest BCUT2D eigenvalue weighted by Crippen LogP contribution is 2.73. The summed E-state index contributed by atoms with van der Waals surface area (Å²) in [5, 5.41) is 7.15. The molecular weight excluding hydrogens is 542 g/mol. The molecule has 0 saturated heterocycles. The van der Waals surface area contributed by atoms with Gasteiger partial charge in [-0.1, -0.05) is 58.0 Å². The van der Waals surface area contributed by atoms with Gasteiger partial charge in [0.1, 0.15) is 10.6 Å². The van der Waals surface area contributed by atoms with Gasteiger partial charge in [0.2, 0.25) is 0 Å². The summed E-state index contributed by atoms with van der Waals surface area (Å²) in [7, 11) is 0. The number of ether oxygens (including phenoxy) is 1. The van der Waals surface area contributed by atoms with Crippen molar-refractivity contribution in [2.75, 3.05) is 31.6 Å². The largest absolute Gasteiger partial charge is 0.384 e. The number of nitrogens with one attached hydrogen (secondary N) is 2. The van der Waals surface area contributed by atoms with Crippen LogP contribution in [0.1, 0.15) is 34.7 Å². The van der Waals surface area contributed by atoms with Crippen LogP contribution in [0.5, 0.6) is 0 Å². The highest BCUT2D eigenvalue weighted by molar-refractivity contribution is 6.54. The van der Waals surface area contributed by atoms with E-state index >= 15 is 0 Å². The minimum atomic E-state index is -1.34. The molecule has 0 aliphatic heterocycles. The maximum Gasteiger partial charge on any atom is 0.252 e. The van der Waals surface area contributed by atoms with E-state index in [-0.39, 0.29) is 12.5 Å². The van der Waals surface area contributed by atoms with Crippen molar-refractivity contribution in [2.24, 2.45) is 11.3 Å². The Labute approximate surface area is 223 Å². The lowest BCUT2D eigenvalue weighted by atomic mass is 10.00. The van der Waals surface area contributed by atoms with Crippen molar-refractivity contribution >= 4 is 75.9 Å². The second-order valence-corrected chi connectivity index (χ2v) is 11.4. The van der Waals surface area contributed by atoms with Crippen LogP contribution < -0.4 is 10.6 Å². The molecule has 0 bridgehead atoms. The van der Waals surface area contributed by atoms with Gasteiger partial charge in [0.15, 0.2) is 0 Å². The third-order valence-electron chi connectivity index (χ3n) is 6.22. The number of carbonyl (C=O) groups is 2. The van der Waals surface area contributed by atoms with E-state index in [0.29, 0.717) is 51.0 Å². The van der Waals surface area contributed by atoms with Gasteiger partial charge in [-0.3, -0.25) is 4.79 Å². The number of halogens is 5. The number of hydrogen-bond donors (Lipinski definition) is 2. The number of rotatable bonds is 11. The minimum absolute atomic E-state index is 0.135. The van der Waals surface area contributed by atoms with Crippen molar-refractivity contribution in [2.45, 2.75) is 23.1 Å². The Morgan fingerprint density at radius 2 is 1.79 bits per heavy atom. The predicted octanol–water partition coefficient (Wildman–Crippen LogP) is 6.37. The summed E-state index contributed by atoms with van der Waals surface area (Å²) in [6, 6.07) is 9.95. The second-order valence-electron chi connectivity index (χ2n) is 8.74. The Hall–Kier alpha value is -1.21. The summed E-state index contributed by atoms with van der Waals surface area (Å²) < 4.78 is 4.19. The van der Waals surface area contributed by atoms with Gasteiger partial charge in [-0.05, 0) is 60.7 Å². The topological polar surface area (TPSA) is 67.4 Å². The molecule has 34 heavy (non-hydrogen) atoms. The van der Waals surface area contributed by atoms with Crippen LogP contribution >= 0.6 is 58.0 Å². The molecule has 0 spiro atoms. The number of aldehydes is 1. The standard InChI is InChI=1S/C24H23Cl5N2O3/c25-16-7-15(8-17(26)9-16)21-23(13-32,24(21,28)29)12-31-18-3-4-20(27)19(10-18)22(33)30-5-6-34-11-14-1-2-14/h3-4,7-10,13-14,21,31H,1-2,5-6,11-12H2,(H,30,33). The molecule has 1 amide bonds. The lowest BCUT2D eigenvalue weighted by Crippen LogP contribution is -2.28. The van der Waals surface area contributed by atoms with Crippen molar-refractivity contribution in [3.63, 3.8) is 0 Å². The van der Waals surface area contributed by atoms with E-state index < -0.39 is 15.7 Å². The van der Waals surface area contributed by atoms with Crippen molar-refractivity contribution in [3.05, 3.63) is 62.6 Å². The lowest BCUT2D eigenvalue weighted by Gasteiger charge is -2.15. The van der Waals surface area contributed by atoms with E-state index in [1.807, 2.05) is 0 Å². The summed E-state index contributed by atoms with van der Waals surface area (Å²) in [6.45, 7) is 1.70. The van der Waals surface area contributed by atoms with Gasteiger partial charge in [0, 0.05) is 41.3 Å². The van der Waals surface area contributed by atoms with Crippen molar-refractivity contribution < 1.29 is 14.3 Å². The molecule has 2 atom stereocenters. The van der Waals surface area contributed by atoms with E-state index in [2.05, 4.69) is 10.6 Å². The third-order valence-corrected chi connectivity index (χ3v) is 8.13. The first-order chi connectivity index (χ1) is 16.2. The molecule has 2 fully saturated rings. The fourth-order valence-electron chi connectivity index (χ4n) is 4.06. The quantitative estimate of drug-likeness (QED) is 0.189. The van der Waals surface area contributed by atoms with E-state index in [1.54, 1.807) is 36.4 Å². The first kappa shape index (κ1) is 25.9. The first-order valence-corrected chi connectivity index (χ1v) is 12.8. The first-order valence-electron chi connectivity index (χ1n) is 10.9. The summed E-state index contributed by atoms with van der Waals surface area (Å²) in [5.41, 5.74) is 0.479. The fraction of sp³-hybridized carbons (Fsp3) is 0.417. The van der Waals surface area contributed by atoms with Crippen LogP contribution in [0.3, 0.4) is 0 Å². The van der Waals surface area contributed by atoms with Crippen LogP contribution in [-0.4, -0.2) is 42.8 Å². The molecule has 2 unspecified atom stereocenters. The Morgan fingerprint density at radius 3 is 2.44 bits per heavy atom. The molecule has 182 valence electrons. The Kier molecular flexibility index (Phi) is 7.93. The summed E-state index contributed by atoms with van der Waals surface area (Å²) in [4.78, 5) is 24.8. The summed E-state index contributed by atoms with van der Waals surface area (Å²) in [5.74, 6) is -0.143. The highest BCUT2D eigenvalue weighted by Gasteiger charge is 2.76. The minimum Gasteiger partial charge on any atom is -0.384 e. The molecule has 4 rings (SSSR count). The van der Waals surface area contributed by atoms with Gasteiger partial charge < -0.3 is 20.2 Å². The highest BCUT2D eigenvalue weighted by atomic mass is 35.5. The molecule has 2 N–H and O–H groups in total. The van der Waals surface area contributed by atoms with E-state index in [0.717, 1.165) is 12.9 Å². The monoisotopic (exact) mass is 562 g/mol. The van der Waals surface area contributed by atoms with Gasteiger partial charge in [0.05, 0.1) is 22.6 Å². The second kappa shape index (κ2) is 10.4. The number of carbonyl (C=O) groups excluding carboxylic acids is 2. The zero-order valence-electron chi connectivity index (χ0n) is 18.1. The number of alkyl halides is 2. The van der Waals surface area contributed by atoms with Crippen LogP contribution in [0.25, 0.3) is 0 Å². The molecule has 2 aromatic carbocycles. The van der Waals surface area contributed by atoms with E-state index in [9.17, 15) is 9.59 Å². The van der Waals surface area contributed by atoms with E-state index in [4.69, 9.17) is 62.7 Å². The zero-order chi connectivity index (χ0) is 24.5. The summed E-state index contributed by atoms with van der Waals surface area (Å²) >= 11 is 31.6. The molecule has 2 aliphatic rings. The van der Waals surface area contributed by atoms with Gasteiger partial charge in [-0.15, -0.1) is 0 Å².